The summed E-state index contributed by atoms with van der Waals surface area (Å²) in [7, 11) is 1.53. The molecule has 4 rings (SSSR count). The van der Waals surface area contributed by atoms with Gasteiger partial charge in [0.2, 0.25) is 5.95 Å². The largest absolute Gasteiger partial charge is 0.493 e. The van der Waals surface area contributed by atoms with Gasteiger partial charge in [0.1, 0.15) is 5.82 Å². The van der Waals surface area contributed by atoms with Gasteiger partial charge >= 0.3 is 0 Å². The fourth-order valence-corrected chi connectivity index (χ4v) is 2.89. The Labute approximate surface area is 164 Å². The first kappa shape index (κ1) is 17.9. The average molecular weight is 397 g/mol. The second-order valence-corrected chi connectivity index (χ2v) is 6.36. The second-order valence-electron chi connectivity index (χ2n) is 5.93. The van der Waals surface area contributed by atoms with Crippen LogP contribution in [0.1, 0.15) is 10.4 Å². The van der Waals surface area contributed by atoms with Gasteiger partial charge in [0.15, 0.2) is 11.4 Å². The van der Waals surface area contributed by atoms with Crippen molar-refractivity contribution in [1.82, 2.24) is 14.6 Å². The van der Waals surface area contributed by atoms with Crippen molar-refractivity contribution in [2.75, 3.05) is 12.4 Å². The van der Waals surface area contributed by atoms with Crippen LogP contribution in [0.5, 0.6) is 5.75 Å². The molecule has 0 unspecified atom stereocenters. The van der Waals surface area contributed by atoms with Crippen LogP contribution < -0.4 is 10.1 Å². The lowest BCUT2D eigenvalue weighted by Gasteiger charge is -2.07. The van der Waals surface area contributed by atoms with Crippen LogP contribution in [-0.2, 0) is 0 Å². The minimum Gasteiger partial charge on any atom is -0.493 e. The zero-order valence-electron chi connectivity index (χ0n) is 14.7. The first-order valence-electron chi connectivity index (χ1n) is 8.32. The number of pyridine rings is 1. The summed E-state index contributed by atoms with van der Waals surface area (Å²) in [5, 5.41) is 7.64. The molecule has 140 valence electrons. The van der Waals surface area contributed by atoms with Gasteiger partial charge in [0.05, 0.1) is 12.8 Å². The van der Waals surface area contributed by atoms with Crippen LogP contribution in [0.4, 0.5) is 10.3 Å². The fourth-order valence-electron chi connectivity index (χ4n) is 2.77. The molecule has 1 N–H and O–H groups in total. The van der Waals surface area contributed by atoms with Gasteiger partial charge in [-0.2, -0.15) is 4.98 Å². The number of carbonyl (C=O) groups is 1. The molecule has 0 spiro atoms. The molecular formula is C20H14ClFN4O2. The Kier molecular flexibility index (Phi) is 4.67. The van der Waals surface area contributed by atoms with Gasteiger partial charge < -0.3 is 4.74 Å². The molecule has 0 aliphatic carbocycles. The molecule has 28 heavy (non-hydrogen) atoms. The Morgan fingerprint density at radius 1 is 1.07 bits per heavy atom. The molecule has 2 aromatic heterocycles. The highest BCUT2D eigenvalue weighted by Gasteiger charge is 2.16. The molecule has 0 radical (unpaired) electrons. The maximum Gasteiger partial charge on any atom is 0.258 e. The maximum absolute atomic E-state index is 13.0. The van der Waals surface area contributed by atoms with E-state index in [0.717, 1.165) is 11.3 Å². The highest BCUT2D eigenvalue weighted by Crippen LogP contribution is 2.28. The van der Waals surface area contributed by atoms with E-state index in [-0.39, 0.29) is 5.95 Å². The van der Waals surface area contributed by atoms with Crippen molar-refractivity contribution in [1.29, 1.82) is 0 Å². The van der Waals surface area contributed by atoms with E-state index in [4.69, 9.17) is 16.3 Å². The standard InChI is InChI=1S/C20H14ClFN4O2/c1-28-17-11-10-16(12-2-6-14(21)7-3-12)26-18(17)23-20(25-26)24-19(27)13-4-8-15(22)9-5-13/h2-11H,1H3,(H,24,25,27). The lowest BCUT2D eigenvalue weighted by Crippen LogP contribution is -2.13. The molecule has 8 heteroatoms. The third-order valence-electron chi connectivity index (χ3n) is 4.14. The summed E-state index contributed by atoms with van der Waals surface area (Å²) in [6.07, 6.45) is 0. The van der Waals surface area contributed by atoms with Crippen LogP contribution in [0.25, 0.3) is 16.9 Å². The summed E-state index contributed by atoms with van der Waals surface area (Å²) in [6, 6.07) is 16.1. The number of nitrogens with zero attached hydrogens (tertiary/aromatic N) is 3. The van der Waals surface area contributed by atoms with E-state index in [9.17, 15) is 9.18 Å². The zero-order chi connectivity index (χ0) is 19.7. The van der Waals surface area contributed by atoms with E-state index < -0.39 is 11.7 Å². The van der Waals surface area contributed by atoms with Gasteiger partial charge in [0.25, 0.3) is 5.91 Å². The number of anilines is 1. The summed E-state index contributed by atoms with van der Waals surface area (Å²) in [4.78, 5) is 16.7. The van der Waals surface area contributed by atoms with Crippen molar-refractivity contribution in [3.8, 4) is 17.0 Å². The van der Waals surface area contributed by atoms with Crippen LogP contribution in [0.2, 0.25) is 5.02 Å². The topological polar surface area (TPSA) is 68.5 Å². The predicted molar refractivity (Wildman–Crippen MR) is 104 cm³/mol. The summed E-state index contributed by atoms with van der Waals surface area (Å²) in [5.74, 6) is -0.246. The highest BCUT2D eigenvalue weighted by molar-refractivity contribution is 6.30. The van der Waals surface area contributed by atoms with Gasteiger partial charge in [-0.25, -0.2) is 8.91 Å². The smallest absolute Gasteiger partial charge is 0.258 e. The van der Waals surface area contributed by atoms with E-state index in [2.05, 4.69) is 15.4 Å². The Balaban J connectivity index is 1.74. The molecule has 0 fully saturated rings. The van der Waals surface area contributed by atoms with E-state index >= 15 is 0 Å². The molecule has 0 bridgehead atoms. The van der Waals surface area contributed by atoms with E-state index in [1.807, 2.05) is 18.2 Å². The number of benzene rings is 2. The number of methoxy groups -OCH3 is 1. The predicted octanol–water partition coefficient (Wildman–Crippen LogP) is 4.45. The molecular weight excluding hydrogens is 383 g/mol. The minimum atomic E-state index is -0.442. The molecule has 0 atom stereocenters. The number of nitrogens with one attached hydrogen (secondary N) is 1. The number of hydrogen-bond donors (Lipinski definition) is 1. The fraction of sp³-hybridized carbons (Fsp3) is 0.0500. The number of fused-ring (bicyclic) bond motifs is 1. The van der Waals surface area contributed by atoms with E-state index in [0.29, 0.717) is 22.0 Å². The van der Waals surface area contributed by atoms with Crippen molar-refractivity contribution in [3.05, 3.63) is 77.1 Å². The first-order valence-corrected chi connectivity index (χ1v) is 8.69. The highest BCUT2D eigenvalue weighted by atomic mass is 35.5. The van der Waals surface area contributed by atoms with E-state index in [1.54, 1.807) is 22.7 Å². The maximum atomic E-state index is 13.0. The molecule has 0 saturated carbocycles. The van der Waals surface area contributed by atoms with E-state index in [1.165, 1.54) is 31.4 Å². The number of rotatable bonds is 4. The number of aromatic nitrogens is 3. The third kappa shape index (κ3) is 3.39. The SMILES string of the molecule is COc1ccc(-c2ccc(Cl)cc2)n2nc(NC(=O)c3ccc(F)cc3)nc12. The average Bonchev–Trinajstić information content (AvgIpc) is 3.12. The van der Waals surface area contributed by atoms with Gasteiger partial charge in [-0.1, -0.05) is 23.7 Å². The number of hydrogen-bond acceptors (Lipinski definition) is 4. The molecule has 2 aromatic carbocycles. The summed E-state index contributed by atoms with van der Waals surface area (Å²) < 4.78 is 20.0. The van der Waals surface area contributed by atoms with Crippen molar-refractivity contribution in [2.45, 2.75) is 0 Å². The first-order chi connectivity index (χ1) is 13.5. The minimum absolute atomic E-state index is 0.106. The van der Waals surface area contributed by atoms with Gasteiger partial charge in [0, 0.05) is 16.1 Å². The van der Waals surface area contributed by atoms with Crippen LogP contribution in [0.3, 0.4) is 0 Å². The summed E-state index contributed by atoms with van der Waals surface area (Å²) in [5.41, 5.74) is 2.37. The van der Waals surface area contributed by atoms with Crippen LogP contribution >= 0.6 is 11.6 Å². The molecule has 6 nitrogen and oxygen atoms in total. The molecule has 4 aromatic rings. The van der Waals surface area contributed by atoms with Crippen molar-refractivity contribution in [3.63, 3.8) is 0 Å². The number of ether oxygens (including phenoxy) is 1. The van der Waals surface area contributed by atoms with Gasteiger partial charge in [-0.05, 0) is 48.5 Å². The van der Waals surface area contributed by atoms with Gasteiger partial charge in [-0.15, -0.1) is 5.10 Å². The second kappa shape index (κ2) is 7.28. The Hall–Kier alpha value is -3.45. The van der Waals surface area contributed by atoms with Crippen molar-refractivity contribution >= 4 is 29.1 Å². The lowest BCUT2D eigenvalue weighted by molar-refractivity contribution is 0.102. The Morgan fingerprint density at radius 2 is 1.79 bits per heavy atom. The lowest BCUT2D eigenvalue weighted by atomic mass is 10.1. The number of halogens is 2. The van der Waals surface area contributed by atoms with Crippen LogP contribution in [0, 0.1) is 5.82 Å². The third-order valence-corrected chi connectivity index (χ3v) is 4.39. The zero-order valence-corrected chi connectivity index (χ0v) is 15.4. The monoisotopic (exact) mass is 396 g/mol. The Morgan fingerprint density at radius 3 is 2.46 bits per heavy atom. The quantitative estimate of drug-likeness (QED) is 0.553. The molecule has 1 amide bonds. The van der Waals surface area contributed by atoms with Crippen LogP contribution in [-0.4, -0.2) is 27.6 Å². The molecule has 0 aliphatic heterocycles. The molecule has 0 aliphatic rings. The molecule has 0 saturated heterocycles. The summed E-state index contributed by atoms with van der Waals surface area (Å²) >= 11 is 5.97. The molecule has 2 heterocycles. The van der Waals surface area contributed by atoms with Crippen molar-refractivity contribution < 1.29 is 13.9 Å². The van der Waals surface area contributed by atoms with Crippen LogP contribution in [0.15, 0.2) is 60.7 Å². The Bertz CT molecular complexity index is 1160. The number of amides is 1. The van der Waals surface area contributed by atoms with Gasteiger partial charge in [-0.3, -0.25) is 10.1 Å². The number of carbonyl (C=O) groups excluding carboxylic acids is 1. The summed E-state index contributed by atoms with van der Waals surface area (Å²) in [6.45, 7) is 0. The van der Waals surface area contributed by atoms with Crippen molar-refractivity contribution in [2.24, 2.45) is 0 Å². The normalized spacial score (nSPS) is 10.8.